The molecule has 1 saturated heterocycles. The SMILES string of the molecule is CC(C)[C@@]1(c2ccc(Cl)cc2)CO1. The van der Waals surface area contributed by atoms with Crippen LogP contribution >= 0.6 is 11.6 Å². The van der Waals surface area contributed by atoms with Gasteiger partial charge in [-0.25, -0.2) is 0 Å². The summed E-state index contributed by atoms with van der Waals surface area (Å²) in [5.74, 6) is 0.522. The molecule has 0 unspecified atom stereocenters. The third-order valence-electron chi connectivity index (χ3n) is 2.72. The average molecular weight is 197 g/mol. The summed E-state index contributed by atoms with van der Waals surface area (Å²) < 4.78 is 5.54. The molecule has 1 aromatic carbocycles. The minimum Gasteiger partial charge on any atom is -0.364 e. The van der Waals surface area contributed by atoms with Gasteiger partial charge < -0.3 is 4.74 Å². The molecule has 1 atom stereocenters. The minimum absolute atomic E-state index is 0.0232. The third kappa shape index (κ3) is 1.47. The molecule has 70 valence electrons. The molecule has 1 heterocycles. The fraction of sp³-hybridized carbons (Fsp3) is 0.455. The molecule has 0 aliphatic carbocycles. The molecule has 0 radical (unpaired) electrons. The second-order valence-electron chi connectivity index (χ2n) is 3.84. The van der Waals surface area contributed by atoms with Gasteiger partial charge in [-0.3, -0.25) is 0 Å². The van der Waals surface area contributed by atoms with Crippen LogP contribution in [0.1, 0.15) is 19.4 Å². The minimum atomic E-state index is -0.0232. The van der Waals surface area contributed by atoms with Crippen molar-refractivity contribution in [2.24, 2.45) is 5.92 Å². The maximum atomic E-state index is 5.82. The lowest BCUT2D eigenvalue weighted by Crippen LogP contribution is -2.16. The predicted octanol–water partition coefficient (Wildman–Crippen LogP) is 3.22. The fourth-order valence-corrected chi connectivity index (χ4v) is 1.77. The van der Waals surface area contributed by atoms with Gasteiger partial charge in [-0.05, 0) is 23.6 Å². The number of epoxide rings is 1. The Morgan fingerprint density at radius 3 is 2.23 bits per heavy atom. The summed E-state index contributed by atoms with van der Waals surface area (Å²) in [6.07, 6.45) is 0. The normalized spacial score (nSPS) is 26.5. The predicted molar refractivity (Wildman–Crippen MR) is 53.9 cm³/mol. The van der Waals surface area contributed by atoms with Crippen LogP contribution < -0.4 is 0 Å². The summed E-state index contributed by atoms with van der Waals surface area (Å²) in [5, 5.41) is 0.781. The first-order valence-electron chi connectivity index (χ1n) is 4.55. The molecule has 0 amide bonds. The van der Waals surface area contributed by atoms with Gasteiger partial charge in [0.15, 0.2) is 0 Å². The van der Waals surface area contributed by atoms with Crippen LogP contribution in [0, 0.1) is 5.92 Å². The summed E-state index contributed by atoms with van der Waals surface area (Å²) >= 11 is 5.82. The molecule has 13 heavy (non-hydrogen) atoms. The Labute approximate surface area is 83.7 Å². The van der Waals surface area contributed by atoms with Gasteiger partial charge in [-0.15, -0.1) is 0 Å². The number of ether oxygens (including phenoxy) is 1. The van der Waals surface area contributed by atoms with Crippen molar-refractivity contribution in [3.63, 3.8) is 0 Å². The molecule has 1 fully saturated rings. The Bertz CT molecular complexity index is 298. The van der Waals surface area contributed by atoms with Gasteiger partial charge in [0.2, 0.25) is 0 Å². The van der Waals surface area contributed by atoms with Crippen LogP contribution in [-0.4, -0.2) is 6.61 Å². The van der Waals surface area contributed by atoms with E-state index in [0.29, 0.717) is 5.92 Å². The quantitative estimate of drug-likeness (QED) is 0.662. The Kier molecular flexibility index (Phi) is 2.09. The molecule has 0 saturated carbocycles. The first-order chi connectivity index (χ1) is 6.15. The van der Waals surface area contributed by atoms with E-state index >= 15 is 0 Å². The Morgan fingerprint density at radius 1 is 1.31 bits per heavy atom. The van der Waals surface area contributed by atoms with E-state index in [1.165, 1.54) is 5.56 Å². The van der Waals surface area contributed by atoms with Gasteiger partial charge in [0.25, 0.3) is 0 Å². The van der Waals surface area contributed by atoms with E-state index in [2.05, 4.69) is 26.0 Å². The smallest absolute Gasteiger partial charge is 0.119 e. The van der Waals surface area contributed by atoms with Crippen LogP contribution in [0.5, 0.6) is 0 Å². The van der Waals surface area contributed by atoms with Crippen molar-refractivity contribution >= 4 is 11.6 Å². The first kappa shape index (κ1) is 9.04. The maximum Gasteiger partial charge on any atom is 0.119 e. The Balaban J connectivity index is 2.31. The summed E-state index contributed by atoms with van der Waals surface area (Å²) in [6.45, 7) is 5.20. The number of benzene rings is 1. The van der Waals surface area contributed by atoms with Crippen LogP contribution in [0.2, 0.25) is 5.02 Å². The molecule has 1 nitrogen and oxygen atoms in total. The summed E-state index contributed by atoms with van der Waals surface area (Å²) in [6, 6.07) is 7.94. The highest BCUT2D eigenvalue weighted by molar-refractivity contribution is 6.30. The lowest BCUT2D eigenvalue weighted by atomic mass is 9.89. The van der Waals surface area contributed by atoms with E-state index in [1.807, 2.05) is 12.1 Å². The van der Waals surface area contributed by atoms with E-state index in [1.54, 1.807) is 0 Å². The highest BCUT2D eigenvalue weighted by Gasteiger charge is 2.48. The van der Waals surface area contributed by atoms with E-state index in [9.17, 15) is 0 Å². The van der Waals surface area contributed by atoms with E-state index < -0.39 is 0 Å². The molecule has 1 aliphatic rings. The largest absolute Gasteiger partial charge is 0.364 e. The number of halogens is 1. The van der Waals surface area contributed by atoms with Gasteiger partial charge in [0.05, 0.1) is 6.61 Å². The van der Waals surface area contributed by atoms with Crippen molar-refractivity contribution in [3.05, 3.63) is 34.9 Å². The average Bonchev–Trinajstić information content (AvgIpc) is 2.86. The van der Waals surface area contributed by atoms with Crippen molar-refractivity contribution in [3.8, 4) is 0 Å². The van der Waals surface area contributed by atoms with Crippen LogP contribution in [0.3, 0.4) is 0 Å². The zero-order chi connectivity index (χ0) is 9.47. The molecule has 0 N–H and O–H groups in total. The van der Waals surface area contributed by atoms with Crippen molar-refractivity contribution in [2.75, 3.05) is 6.61 Å². The lowest BCUT2D eigenvalue weighted by Gasteiger charge is -2.16. The van der Waals surface area contributed by atoms with Crippen LogP contribution in [0.15, 0.2) is 24.3 Å². The molecule has 2 rings (SSSR count). The number of hydrogen-bond donors (Lipinski definition) is 0. The molecule has 1 aliphatic heterocycles. The third-order valence-corrected chi connectivity index (χ3v) is 2.97. The Hall–Kier alpha value is -0.530. The molecule has 2 heteroatoms. The Morgan fingerprint density at radius 2 is 1.85 bits per heavy atom. The molecule has 0 aromatic heterocycles. The van der Waals surface area contributed by atoms with Crippen molar-refractivity contribution < 1.29 is 4.74 Å². The second kappa shape index (κ2) is 3.00. The van der Waals surface area contributed by atoms with Crippen molar-refractivity contribution in [1.29, 1.82) is 0 Å². The van der Waals surface area contributed by atoms with Gasteiger partial charge >= 0.3 is 0 Å². The van der Waals surface area contributed by atoms with Gasteiger partial charge in [-0.1, -0.05) is 37.6 Å². The fourth-order valence-electron chi connectivity index (χ4n) is 1.64. The monoisotopic (exact) mass is 196 g/mol. The van der Waals surface area contributed by atoms with Crippen LogP contribution in [0.4, 0.5) is 0 Å². The lowest BCUT2D eigenvalue weighted by molar-refractivity contribution is 0.242. The zero-order valence-electron chi connectivity index (χ0n) is 7.88. The van der Waals surface area contributed by atoms with E-state index in [-0.39, 0.29) is 5.60 Å². The first-order valence-corrected chi connectivity index (χ1v) is 4.93. The summed E-state index contributed by atoms with van der Waals surface area (Å²) in [5.41, 5.74) is 1.22. The van der Waals surface area contributed by atoms with E-state index in [0.717, 1.165) is 11.6 Å². The van der Waals surface area contributed by atoms with Crippen LogP contribution in [0.25, 0.3) is 0 Å². The van der Waals surface area contributed by atoms with Gasteiger partial charge in [-0.2, -0.15) is 0 Å². The molecule has 0 spiro atoms. The van der Waals surface area contributed by atoms with Crippen LogP contribution in [-0.2, 0) is 10.3 Å². The summed E-state index contributed by atoms with van der Waals surface area (Å²) in [4.78, 5) is 0. The summed E-state index contributed by atoms with van der Waals surface area (Å²) in [7, 11) is 0. The topological polar surface area (TPSA) is 12.5 Å². The van der Waals surface area contributed by atoms with E-state index in [4.69, 9.17) is 16.3 Å². The maximum absolute atomic E-state index is 5.82. The van der Waals surface area contributed by atoms with Gasteiger partial charge in [0.1, 0.15) is 5.60 Å². The second-order valence-corrected chi connectivity index (χ2v) is 4.28. The molecular formula is C11H13ClO. The molecule has 0 bridgehead atoms. The number of rotatable bonds is 2. The molecular weight excluding hydrogens is 184 g/mol. The highest BCUT2D eigenvalue weighted by Crippen LogP contribution is 2.45. The molecule has 1 aromatic rings. The van der Waals surface area contributed by atoms with Gasteiger partial charge in [0, 0.05) is 5.02 Å². The highest BCUT2D eigenvalue weighted by atomic mass is 35.5. The van der Waals surface area contributed by atoms with Crippen molar-refractivity contribution in [1.82, 2.24) is 0 Å². The zero-order valence-corrected chi connectivity index (χ0v) is 8.64. The standard InChI is InChI=1S/C11H13ClO/c1-8(2)11(7-13-11)9-3-5-10(12)6-4-9/h3-6,8H,7H2,1-2H3/t11-/m1/s1. The number of hydrogen-bond acceptors (Lipinski definition) is 1. The van der Waals surface area contributed by atoms with Crippen molar-refractivity contribution in [2.45, 2.75) is 19.4 Å².